The van der Waals surface area contributed by atoms with E-state index in [9.17, 15) is 9.59 Å². The minimum absolute atomic E-state index is 0.346. The molecule has 1 aliphatic carbocycles. The van der Waals surface area contributed by atoms with Crippen LogP contribution >= 0.6 is 27.5 Å². The molecule has 0 amide bonds. The summed E-state index contributed by atoms with van der Waals surface area (Å²) in [7, 11) is 0. The highest BCUT2D eigenvalue weighted by molar-refractivity contribution is 9.09. The number of halogens is 2. The highest BCUT2D eigenvalue weighted by Crippen LogP contribution is 2.32. The predicted molar refractivity (Wildman–Crippen MR) is 67.2 cm³/mol. The summed E-state index contributed by atoms with van der Waals surface area (Å²) in [5, 5.41) is -0.421. The molecule has 0 aromatic heterocycles. The van der Waals surface area contributed by atoms with Crippen molar-refractivity contribution < 1.29 is 19.1 Å². The molecule has 4 nitrogen and oxygen atoms in total. The first-order valence-corrected chi connectivity index (χ1v) is 6.49. The van der Waals surface area contributed by atoms with Gasteiger partial charge in [0.25, 0.3) is 0 Å². The van der Waals surface area contributed by atoms with Gasteiger partial charge in [-0.1, -0.05) is 21.5 Å². The number of alkyl halides is 2. The fraction of sp³-hybridized carbons (Fsp3) is 0.636. The molecule has 0 saturated heterocycles. The molecule has 0 aromatic rings. The Hall–Kier alpha value is -0.550. The molecule has 0 heterocycles. The lowest BCUT2D eigenvalue weighted by Gasteiger charge is -2.35. The van der Waals surface area contributed by atoms with Gasteiger partial charge in [0.1, 0.15) is 12.2 Å². The molecule has 17 heavy (non-hydrogen) atoms. The first kappa shape index (κ1) is 14.5. The zero-order valence-corrected chi connectivity index (χ0v) is 12.1. The van der Waals surface area contributed by atoms with E-state index in [2.05, 4.69) is 15.9 Å². The van der Waals surface area contributed by atoms with E-state index >= 15 is 0 Å². The van der Waals surface area contributed by atoms with E-state index in [0.29, 0.717) is 0 Å². The molecule has 0 bridgehead atoms. The van der Waals surface area contributed by atoms with Crippen LogP contribution in [0.2, 0.25) is 0 Å². The highest BCUT2D eigenvalue weighted by Gasteiger charge is 2.40. The Bertz CT molecular complexity index is 355. The minimum Gasteiger partial charge on any atom is -0.459 e. The molecule has 4 atom stereocenters. The fourth-order valence-corrected chi connectivity index (χ4v) is 2.79. The molecule has 1 aliphatic rings. The molecule has 0 aliphatic heterocycles. The maximum absolute atomic E-state index is 11.0. The molecule has 0 radical (unpaired) electrons. The molecule has 96 valence electrons. The molecule has 0 aromatic carbocycles. The molecule has 1 rings (SSSR count). The largest absolute Gasteiger partial charge is 0.459 e. The summed E-state index contributed by atoms with van der Waals surface area (Å²) < 4.78 is 10.3. The molecular formula is C11H14BrClO4. The van der Waals surface area contributed by atoms with Crippen LogP contribution in [0.3, 0.4) is 0 Å². The van der Waals surface area contributed by atoms with Gasteiger partial charge in [-0.05, 0) is 13.0 Å². The zero-order valence-electron chi connectivity index (χ0n) is 9.78. The van der Waals surface area contributed by atoms with Crippen molar-refractivity contribution in [2.24, 2.45) is 0 Å². The molecule has 4 unspecified atom stereocenters. The summed E-state index contributed by atoms with van der Waals surface area (Å²) in [6.45, 7) is 4.46. The van der Waals surface area contributed by atoms with Gasteiger partial charge in [-0.2, -0.15) is 0 Å². The number of carbonyl (C=O) groups is 2. The summed E-state index contributed by atoms with van der Waals surface area (Å²) in [6.07, 6.45) is 0.730. The van der Waals surface area contributed by atoms with Gasteiger partial charge in [-0.15, -0.1) is 11.6 Å². The van der Waals surface area contributed by atoms with E-state index in [1.165, 1.54) is 13.8 Å². The van der Waals surface area contributed by atoms with Gasteiger partial charge in [0.2, 0.25) is 0 Å². The van der Waals surface area contributed by atoms with Crippen LogP contribution < -0.4 is 0 Å². The third-order valence-corrected chi connectivity index (χ3v) is 4.02. The van der Waals surface area contributed by atoms with Crippen molar-refractivity contribution in [3.8, 4) is 0 Å². The molecule has 0 fully saturated rings. The van der Waals surface area contributed by atoms with Gasteiger partial charge in [-0.25, -0.2) is 0 Å². The lowest BCUT2D eigenvalue weighted by molar-refractivity contribution is -0.150. The smallest absolute Gasteiger partial charge is 0.303 e. The van der Waals surface area contributed by atoms with Gasteiger partial charge in [0.05, 0.1) is 10.2 Å². The fourth-order valence-electron chi connectivity index (χ4n) is 1.66. The Balaban J connectivity index is 2.89. The number of ether oxygens (including phenoxy) is 2. The first-order valence-electron chi connectivity index (χ1n) is 5.14. The average Bonchev–Trinajstić information content (AvgIpc) is 2.20. The van der Waals surface area contributed by atoms with Gasteiger partial charge in [-0.3, -0.25) is 9.59 Å². The van der Waals surface area contributed by atoms with Crippen molar-refractivity contribution in [1.82, 2.24) is 0 Å². The topological polar surface area (TPSA) is 52.6 Å². The molecule has 0 N–H and O–H groups in total. The minimum atomic E-state index is -0.552. The van der Waals surface area contributed by atoms with Crippen molar-refractivity contribution in [2.75, 3.05) is 0 Å². The van der Waals surface area contributed by atoms with Crippen molar-refractivity contribution in [3.63, 3.8) is 0 Å². The highest BCUT2D eigenvalue weighted by atomic mass is 79.9. The van der Waals surface area contributed by atoms with Crippen LogP contribution in [0, 0.1) is 0 Å². The second-order valence-corrected chi connectivity index (χ2v) is 5.43. The van der Waals surface area contributed by atoms with Crippen molar-refractivity contribution >= 4 is 39.5 Å². The normalized spacial score (nSPS) is 32.6. The first-order chi connectivity index (χ1) is 7.82. The van der Waals surface area contributed by atoms with Crippen LogP contribution in [0.15, 0.2) is 11.6 Å². The summed E-state index contributed by atoms with van der Waals surface area (Å²) in [5.41, 5.74) is 0.819. The number of rotatable bonds is 2. The summed E-state index contributed by atoms with van der Waals surface area (Å²) in [6, 6.07) is 0. The van der Waals surface area contributed by atoms with Crippen molar-refractivity contribution in [3.05, 3.63) is 11.6 Å². The Morgan fingerprint density at radius 2 is 1.82 bits per heavy atom. The van der Waals surface area contributed by atoms with E-state index in [0.717, 1.165) is 5.57 Å². The number of esters is 2. The third-order valence-electron chi connectivity index (χ3n) is 2.38. The van der Waals surface area contributed by atoms with E-state index < -0.39 is 29.5 Å². The lowest BCUT2D eigenvalue weighted by atomic mass is 9.95. The van der Waals surface area contributed by atoms with Crippen LogP contribution in [-0.2, 0) is 19.1 Å². The zero-order chi connectivity index (χ0) is 13.2. The van der Waals surface area contributed by atoms with Gasteiger partial charge in [0, 0.05) is 13.8 Å². The van der Waals surface area contributed by atoms with E-state index in [-0.39, 0.29) is 4.83 Å². The number of hydrogen-bond acceptors (Lipinski definition) is 4. The molecule has 6 heteroatoms. The molecule has 0 spiro atoms. The quantitative estimate of drug-likeness (QED) is 0.444. The summed E-state index contributed by atoms with van der Waals surface area (Å²) >= 11 is 9.52. The third kappa shape index (κ3) is 3.71. The van der Waals surface area contributed by atoms with Crippen LogP contribution in [0.5, 0.6) is 0 Å². The van der Waals surface area contributed by atoms with Gasteiger partial charge < -0.3 is 9.47 Å². The van der Waals surface area contributed by atoms with Crippen molar-refractivity contribution in [1.29, 1.82) is 0 Å². The summed E-state index contributed by atoms with van der Waals surface area (Å²) in [4.78, 5) is 21.6. The average molecular weight is 326 g/mol. The second-order valence-electron chi connectivity index (χ2n) is 3.90. The summed E-state index contributed by atoms with van der Waals surface area (Å²) in [5.74, 6) is -0.806. The Morgan fingerprint density at radius 1 is 1.29 bits per heavy atom. The number of hydrogen-bond donors (Lipinski definition) is 0. The van der Waals surface area contributed by atoms with Crippen LogP contribution in [0.1, 0.15) is 20.8 Å². The lowest BCUT2D eigenvalue weighted by Crippen LogP contribution is -2.46. The second kappa shape index (κ2) is 5.87. The Labute approximate surface area is 113 Å². The maximum atomic E-state index is 11.0. The van der Waals surface area contributed by atoms with E-state index in [4.69, 9.17) is 21.1 Å². The SMILES string of the molecule is CC(=O)OC1C=C(C)C(Cl)C(OC(C)=O)C1Br. The maximum Gasteiger partial charge on any atom is 0.303 e. The van der Waals surface area contributed by atoms with Crippen LogP contribution in [0.4, 0.5) is 0 Å². The Morgan fingerprint density at radius 3 is 2.29 bits per heavy atom. The molecular weight excluding hydrogens is 311 g/mol. The van der Waals surface area contributed by atoms with E-state index in [1.54, 1.807) is 6.08 Å². The number of carbonyl (C=O) groups excluding carboxylic acids is 2. The van der Waals surface area contributed by atoms with E-state index in [1.807, 2.05) is 6.92 Å². The van der Waals surface area contributed by atoms with Crippen LogP contribution in [0.25, 0.3) is 0 Å². The predicted octanol–water partition coefficient (Wildman–Crippen LogP) is 2.18. The Kier molecular flexibility index (Phi) is 5.01. The van der Waals surface area contributed by atoms with Crippen LogP contribution in [-0.4, -0.2) is 34.4 Å². The monoisotopic (exact) mass is 324 g/mol. The van der Waals surface area contributed by atoms with Crippen molar-refractivity contribution in [2.45, 2.75) is 43.2 Å². The molecule has 0 saturated carbocycles. The van der Waals surface area contributed by atoms with Gasteiger partial charge >= 0.3 is 11.9 Å². The van der Waals surface area contributed by atoms with Gasteiger partial charge in [0.15, 0.2) is 0 Å². The standard InChI is InChI=1S/C11H14BrClO4/c1-5-4-8(16-6(2)14)9(12)11(10(5)13)17-7(3)15/h4,8-11H,1-3H3.